The van der Waals surface area contributed by atoms with E-state index in [0.717, 1.165) is 16.5 Å². The molecule has 4 nitrogen and oxygen atoms in total. The van der Waals surface area contributed by atoms with Crippen LogP contribution in [0, 0.1) is 0 Å². The van der Waals surface area contributed by atoms with Crippen molar-refractivity contribution in [2.45, 2.75) is 0 Å². The number of furan rings is 1. The lowest BCUT2D eigenvalue weighted by Crippen LogP contribution is -1.96. The van der Waals surface area contributed by atoms with Gasteiger partial charge in [0.15, 0.2) is 0 Å². The van der Waals surface area contributed by atoms with Gasteiger partial charge < -0.3 is 4.42 Å². The summed E-state index contributed by atoms with van der Waals surface area (Å²) in [5, 5.41) is 6.18. The second-order valence-corrected chi connectivity index (χ2v) is 2.88. The van der Waals surface area contributed by atoms with Crippen molar-refractivity contribution in [1.29, 1.82) is 0 Å². The number of fused-ring (bicyclic) bond motifs is 3. The average molecular weight is 174 g/mol. The quantitative estimate of drug-likeness (QED) is 0.543. The van der Waals surface area contributed by atoms with E-state index in [1.807, 2.05) is 24.3 Å². The van der Waals surface area contributed by atoms with Gasteiger partial charge in [-0.05, 0) is 12.1 Å². The Labute approximate surface area is 72.1 Å². The molecule has 2 aromatic heterocycles. The third-order valence-electron chi connectivity index (χ3n) is 2.10. The predicted octanol–water partition coefficient (Wildman–Crippen LogP) is 1.60. The van der Waals surface area contributed by atoms with Gasteiger partial charge in [-0.25, -0.2) is 0 Å². The molecule has 13 heavy (non-hydrogen) atoms. The fourth-order valence-corrected chi connectivity index (χ4v) is 1.51. The van der Waals surface area contributed by atoms with Crippen molar-refractivity contribution in [3.8, 4) is 0 Å². The maximum Gasteiger partial charge on any atom is 0.307 e. The van der Waals surface area contributed by atoms with E-state index in [-0.39, 0.29) is 5.56 Å². The maximum atomic E-state index is 11.2. The van der Waals surface area contributed by atoms with Crippen LogP contribution in [0.5, 0.6) is 0 Å². The summed E-state index contributed by atoms with van der Waals surface area (Å²) in [7, 11) is 0. The molecule has 0 spiro atoms. The van der Waals surface area contributed by atoms with Crippen LogP contribution in [0.25, 0.3) is 22.1 Å². The van der Waals surface area contributed by atoms with Crippen LogP contribution in [0.3, 0.4) is 0 Å². The molecule has 1 aromatic carbocycles. The Balaban J connectivity index is 2.72. The van der Waals surface area contributed by atoms with Gasteiger partial charge in [0.05, 0.1) is 0 Å². The smallest absolute Gasteiger partial charge is 0.307 e. The standard InChI is InChI=1S/C9H6N2O2/c12-9-8-7(10-11-9)5-3-1-2-4-6(5)13-8/h1-4H,(H2,10,11,12). The van der Waals surface area contributed by atoms with Crippen LogP contribution in [0.1, 0.15) is 0 Å². The Morgan fingerprint density at radius 2 is 2.00 bits per heavy atom. The fourth-order valence-electron chi connectivity index (χ4n) is 1.51. The Hall–Kier alpha value is -1.97. The van der Waals surface area contributed by atoms with Gasteiger partial charge in [-0.1, -0.05) is 12.1 Å². The first-order chi connectivity index (χ1) is 6.36. The van der Waals surface area contributed by atoms with E-state index in [2.05, 4.69) is 10.2 Å². The summed E-state index contributed by atoms with van der Waals surface area (Å²) in [5.41, 5.74) is 1.61. The molecule has 0 amide bonds. The van der Waals surface area contributed by atoms with Gasteiger partial charge in [0.1, 0.15) is 11.1 Å². The minimum absolute atomic E-state index is 0.216. The van der Waals surface area contributed by atoms with E-state index >= 15 is 0 Å². The Kier molecular flexibility index (Phi) is 1.02. The van der Waals surface area contributed by atoms with E-state index in [0.29, 0.717) is 5.58 Å². The lowest BCUT2D eigenvalue weighted by Gasteiger charge is -1.83. The number of para-hydroxylation sites is 1. The van der Waals surface area contributed by atoms with Crippen molar-refractivity contribution >= 4 is 22.1 Å². The first-order valence-corrected chi connectivity index (χ1v) is 3.94. The molecule has 0 atom stereocenters. The van der Waals surface area contributed by atoms with Crippen molar-refractivity contribution in [3.05, 3.63) is 34.6 Å². The SMILES string of the molecule is O=c1[nH][nH]c2c1oc1ccccc12. The fraction of sp³-hybridized carbons (Fsp3) is 0. The molecule has 2 heterocycles. The summed E-state index contributed by atoms with van der Waals surface area (Å²) in [4.78, 5) is 11.2. The third-order valence-corrected chi connectivity index (χ3v) is 2.10. The zero-order valence-corrected chi connectivity index (χ0v) is 6.63. The molecule has 0 radical (unpaired) electrons. The number of hydrogen-bond acceptors (Lipinski definition) is 2. The highest BCUT2D eigenvalue weighted by atomic mass is 16.3. The maximum absolute atomic E-state index is 11.2. The van der Waals surface area contributed by atoms with Crippen molar-refractivity contribution in [2.75, 3.05) is 0 Å². The summed E-state index contributed by atoms with van der Waals surface area (Å²) in [6.45, 7) is 0. The van der Waals surface area contributed by atoms with Gasteiger partial charge in [-0.3, -0.25) is 15.0 Å². The van der Waals surface area contributed by atoms with Crippen LogP contribution in [0.2, 0.25) is 0 Å². The second-order valence-electron chi connectivity index (χ2n) is 2.88. The van der Waals surface area contributed by atoms with Crippen LogP contribution in [0.15, 0.2) is 33.5 Å². The largest absolute Gasteiger partial charge is 0.448 e. The summed E-state index contributed by atoms with van der Waals surface area (Å²) >= 11 is 0. The summed E-state index contributed by atoms with van der Waals surface area (Å²) < 4.78 is 5.35. The highest BCUT2D eigenvalue weighted by Crippen LogP contribution is 2.23. The molecule has 0 saturated carbocycles. The lowest BCUT2D eigenvalue weighted by molar-refractivity contribution is 0.664. The number of hydrogen-bond donors (Lipinski definition) is 2. The monoisotopic (exact) mass is 174 g/mol. The molecule has 4 heteroatoms. The van der Waals surface area contributed by atoms with Gasteiger partial charge in [-0.15, -0.1) is 0 Å². The van der Waals surface area contributed by atoms with Crippen LogP contribution >= 0.6 is 0 Å². The van der Waals surface area contributed by atoms with Crippen LogP contribution < -0.4 is 5.56 Å². The minimum atomic E-state index is -0.216. The molecule has 0 unspecified atom stereocenters. The highest BCUT2D eigenvalue weighted by Gasteiger charge is 2.09. The van der Waals surface area contributed by atoms with E-state index in [1.54, 1.807) is 0 Å². The van der Waals surface area contributed by atoms with Gasteiger partial charge in [0, 0.05) is 5.39 Å². The van der Waals surface area contributed by atoms with E-state index in [4.69, 9.17) is 4.42 Å². The topological polar surface area (TPSA) is 61.8 Å². The van der Waals surface area contributed by atoms with Crippen LogP contribution in [0.4, 0.5) is 0 Å². The van der Waals surface area contributed by atoms with E-state index in [9.17, 15) is 4.79 Å². The first kappa shape index (κ1) is 6.54. The molecule has 0 fully saturated rings. The Morgan fingerprint density at radius 1 is 1.15 bits per heavy atom. The van der Waals surface area contributed by atoms with Crippen LogP contribution in [-0.4, -0.2) is 10.2 Å². The highest BCUT2D eigenvalue weighted by molar-refractivity contribution is 6.01. The molecular weight excluding hydrogens is 168 g/mol. The molecule has 2 N–H and O–H groups in total. The molecule has 64 valence electrons. The number of H-pyrrole nitrogens is 2. The molecule has 0 bridgehead atoms. The first-order valence-electron chi connectivity index (χ1n) is 3.94. The van der Waals surface area contributed by atoms with Crippen molar-refractivity contribution < 1.29 is 4.42 Å². The van der Waals surface area contributed by atoms with Gasteiger partial charge in [0.25, 0.3) is 0 Å². The summed E-state index contributed by atoms with van der Waals surface area (Å²) in [5.74, 6) is 0. The average Bonchev–Trinajstić information content (AvgIpc) is 2.67. The lowest BCUT2D eigenvalue weighted by atomic mass is 10.2. The second kappa shape index (κ2) is 2.04. The number of aromatic nitrogens is 2. The van der Waals surface area contributed by atoms with Crippen molar-refractivity contribution in [2.24, 2.45) is 0 Å². The normalized spacial score (nSPS) is 11.4. The third kappa shape index (κ3) is 0.717. The summed E-state index contributed by atoms with van der Waals surface area (Å²) in [6, 6.07) is 7.52. The molecule has 0 saturated heterocycles. The Bertz CT molecular complexity index is 629. The molecule has 3 aromatic rings. The predicted molar refractivity (Wildman–Crippen MR) is 48.7 cm³/mol. The van der Waals surface area contributed by atoms with Crippen LogP contribution in [-0.2, 0) is 0 Å². The van der Waals surface area contributed by atoms with Crippen molar-refractivity contribution in [1.82, 2.24) is 10.2 Å². The minimum Gasteiger partial charge on any atom is -0.448 e. The molecule has 0 aliphatic heterocycles. The van der Waals surface area contributed by atoms with Gasteiger partial charge >= 0.3 is 5.56 Å². The Morgan fingerprint density at radius 3 is 2.92 bits per heavy atom. The number of nitrogens with one attached hydrogen (secondary N) is 2. The summed E-state index contributed by atoms with van der Waals surface area (Å²) in [6.07, 6.45) is 0. The number of benzene rings is 1. The number of rotatable bonds is 0. The zero-order valence-electron chi connectivity index (χ0n) is 6.63. The van der Waals surface area contributed by atoms with Gasteiger partial charge in [-0.2, -0.15) is 0 Å². The molecule has 3 rings (SSSR count). The van der Waals surface area contributed by atoms with Gasteiger partial charge in [0.2, 0.25) is 5.58 Å². The van der Waals surface area contributed by atoms with E-state index in [1.165, 1.54) is 0 Å². The van der Waals surface area contributed by atoms with Crippen molar-refractivity contribution in [3.63, 3.8) is 0 Å². The molecular formula is C9H6N2O2. The zero-order chi connectivity index (χ0) is 8.84. The molecule has 0 aliphatic carbocycles. The number of aromatic amines is 2. The van der Waals surface area contributed by atoms with E-state index < -0.39 is 0 Å². The molecule has 0 aliphatic rings.